The minimum absolute atomic E-state index is 0.0288. The Morgan fingerprint density at radius 2 is 1.88 bits per heavy atom. The lowest BCUT2D eigenvalue weighted by Gasteiger charge is -2.18. The zero-order valence-corrected chi connectivity index (χ0v) is 10.2. The van der Waals surface area contributed by atoms with Crippen LogP contribution in [0.2, 0.25) is 0 Å². The molecule has 0 aromatic carbocycles. The van der Waals surface area contributed by atoms with Gasteiger partial charge in [-0.3, -0.25) is 19.3 Å². The van der Waals surface area contributed by atoms with Crippen molar-refractivity contribution in [3.8, 4) is 0 Å². The summed E-state index contributed by atoms with van der Waals surface area (Å²) in [6.45, 7) is 2.31. The number of amides is 3. The van der Waals surface area contributed by atoms with E-state index in [0.29, 0.717) is 13.0 Å². The van der Waals surface area contributed by atoms with Crippen LogP contribution in [0, 0.1) is 5.92 Å². The summed E-state index contributed by atoms with van der Waals surface area (Å²) >= 11 is 0. The van der Waals surface area contributed by atoms with E-state index in [-0.39, 0.29) is 23.6 Å². The maximum Gasteiger partial charge on any atom is 0.253 e. The van der Waals surface area contributed by atoms with E-state index < -0.39 is 0 Å². The fourth-order valence-corrected chi connectivity index (χ4v) is 1.90. The van der Waals surface area contributed by atoms with E-state index in [4.69, 9.17) is 0 Å². The second-order valence-corrected chi connectivity index (χ2v) is 4.05. The van der Waals surface area contributed by atoms with E-state index in [2.05, 4.69) is 5.32 Å². The number of imide groups is 1. The number of carbonyl (C=O) groups excluding carboxylic acids is 3. The SMILES string of the molecule is CCCC(CCN1C(=O)C=CC1=O)C(=O)NC. The third kappa shape index (κ3) is 3.41. The van der Waals surface area contributed by atoms with Crippen LogP contribution in [0.25, 0.3) is 0 Å². The monoisotopic (exact) mass is 238 g/mol. The van der Waals surface area contributed by atoms with Crippen LogP contribution in [-0.4, -0.2) is 36.2 Å². The fourth-order valence-electron chi connectivity index (χ4n) is 1.90. The van der Waals surface area contributed by atoms with Crippen molar-refractivity contribution in [3.63, 3.8) is 0 Å². The van der Waals surface area contributed by atoms with Crippen molar-refractivity contribution in [2.75, 3.05) is 13.6 Å². The van der Waals surface area contributed by atoms with Crippen molar-refractivity contribution in [1.29, 1.82) is 0 Å². The molecule has 1 aliphatic heterocycles. The standard InChI is InChI=1S/C12H18N2O3/c1-3-4-9(12(17)13-2)7-8-14-10(15)5-6-11(14)16/h5-6,9H,3-4,7-8H2,1-2H3,(H,13,17). The number of rotatable bonds is 6. The van der Waals surface area contributed by atoms with Crippen LogP contribution in [0.15, 0.2) is 12.2 Å². The number of nitrogens with zero attached hydrogens (tertiary/aromatic N) is 1. The predicted octanol–water partition coefficient (Wildman–Crippen LogP) is 0.464. The molecular weight excluding hydrogens is 220 g/mol. The first-order valence-corrected chi connectivity index (χ1v) is 5.85. The summed E-state index contributed by atoms with van der Waals surface area (Å²) in [4.78, 5) is 35.4. The smallest absolute Gasteiger partial charge is 0.253 e. The summed E-state index contributed by atoms with van der Waals surface area (Å²) in [6, 6.07) is 0. The molecule has 1 N–H and O–H groups in total. The van der Waals surface area contributed by atoms with Crippen molar-refractivity contribution >= 4 is 17.7 Å². The number of hydrogen-bond acceptors (Lipinski definition) is 3. The lowest BCUT2D eigenvalue weighted by molar-refractivity contribution is -0.137. The Kier molecular flexibility index (Phi) is 4.87. The lowest BCUT2D eigenvalue weighted by atomic mass is 9.98. The summed E-state index contributed by atoms with van der Waals surface area (Å²) in [5.41, 5.74) is 0. The largest absolute Gasteiger partial charge is 0.359 e. The first-order chi connectivity index (χ1) is 8.10. The highest BCUT2D eigenvalue weighted by Crippen LogP contribution is 2.14. The molecule has 1 heterocycles. The van der Waals surface area contributed by atoms with Gasteiger partial charge in [-0.05, 0) is 12.8 Å². The molecule has 17 heavy (non-hydrogen) atoms. The Labute approximate surface area is 101 Å². The molecule has 0 radical (unpaired) electrons. The van der Waals surface area contributed by atoms with Crippen molar-refractivity contribution in [2.45, 2.75) is 26.2 Å². The number of hydrogen-bond donors (Lipinski definition) is 1. The Morgan fingerprint density at radius 3 is 2.35 bits per heavy atom. The first kappa shape index (κ1) is 13.4. The number of carbonyl (C=O) groups is 3. The summed E-state index contributed by atoms with van der Waals surface area (Å²) < 4.78 is 0. The average Bonchev–Trinajstić information content (AvgIpc) is 2.64. The van der Waals surface area contributed by atoms with Gasteiger partial charge in [-0.25, -0.2) is 0 Å². The molecule has 0 aromatic rings. The van der Waals surface area contributed by atoms with Crippen LogP contribution in [0.3, 0.4) is 0 Å². The van der Waals surface area contributed by atoms with Crippen LogP contribution in [0.5, 0.6) is 0 Å². The van der Waals surface area contributed by atoms with E-state index in [1.54, 1.807) is 7.05 Å². The van der Waals surface area contributed by atoms with Gasteiger partial charge in [-0.15, -0.1) is 0 Å². The third-order valence-electron chi connectivity index (χ3n) is 2.86. The third-order valence-corrected chi connectivity index (χ3v) is 2.86. The molecule has 1 aliphatic rings. The van der Waals surface area contributed by atoms with Crippen LogP contribution >= 0.6 is 0 Å². The Balaban J connectivity index is 2.49. The molecule has 1 atom stereocenters. The molecule has 0 saturated carbocycles. The van der Waals surface area contributed by atoms with Crippen LogP contribution in [0.4, 0.5) is 0 Å². The molecule has 0 aromatic heterocycles. The molecule has 0 fully saturated rings. The van der Waals surface area contributed by atoms with Gasteiger partial charge in [0.05, 0.1) is 0 Å². The van der Waals surface area contributed by atoms with Crippen LogP contribution < -0.4 is 5.32 Å². The fraction of sp³-hybridized carbons (Fsp3) is 0.583. The molecule has 94 valence electrons. The van der Waals surface area contributed by atoms with Gasteiger partial charge in [-0.2, -0.15) is 0 Å². The van der Waals surface area contributed by atoms with E-state index in [0.717, 1.165) is 12.8 Å². The number of nitrogens with one attached hydrogen (secondary N) is 1. The zero-order chi connectivity index (χ0) is 12.8. The maximum absolute atomic E-state index is 11.6. The van der Waals surface area contributed by atoms with Gasteiger partial charge in [0.25, 0.3) is 11.8 Å². The van der Waals surface area contributed by atoms with E-state index in [9.17, 15) is 14.4 Å². The van der Waals surface area contributed by atoms with E-state index >= 15 is 0 Å². The molecule has 0 saturated heterocycles. The van der Waals surface area contributed by atoms with Crippen molar-refractivity contribution < 1.29 is 14.4 Å². The minimum Gasteiger partial charge on any atom is -0.359 e. The molecule has 1 unspecified atom stereocenters. The van der Waals surface area contributed by atoms with Gasteiger partial charge in [0, 0.05) is 31.7 Å². The highest BCUT2D eigenvalue weighted by Gasteiger charge is 2.25. The predicted molar refractivity (Wildman–Crippen MR) is 62.9 cm³/mol. The summed E-state index contributed by atoms with van der Waals surface area (Å²) in [5, 5.41) is 2.60. The van der Waals surface area contributed by atoms with Crippen molar-refractivity contribution in [2.24, 2.45) is 5.92 Å². The normalized spacial score (nSPS) is 16.5. The minimum atomic E-state index is -0.290. The average molecular weight is 238 g/mol. The van der Waals surface area contributed by atoms with E-state index in [1.807, 2.05) is 6.92 Å². The Morgan fingerprint density at radius 1 is 1.29 bits per heavy atom. The highest BCUT2D eigenvalue weighted by molar-refractivity contribution is 6.12. The van der Waals surface area contributed by atoms with Gasteiger partial charge in [0.1, 0.15) is 0 Å². The molecular formula is C12H18N2O3. The van der Waals surface area contributed by atoms with Gasteiger partial charge < -0.3 is 5.32 Å². The molecule has 1 rings (SSSR count). The summed E-state index contributed by atoms with van der Waals surface area (Å²) in [5.74, 6) is -0.741. The summed E-state index contributed by atoms with van der Waals surface area (Å²) in [7, 11) is 1.60. The second kappa shape index (κ2) is 6.18. The zero-order valence-electron chi connectivity index (χ0n) is 10.2. The molecule has 5 nitrogen and oxygen atoms in total. The van der Waals surface area contributed by atoms with Gasteiger partial charge in [0.2, 0.25) is 5.91 Å². The second-order valence-electron chi connectivity index (χ2n) is 4.05. The maximum atomic E-state index is 11.6. The lowest BCUT2D eigenvalue weighted by Crippen LogP contribution is -2.35. The van der Waals surface area contributed by atoms with Gasteiger partial charge in [0.15, 0.2) is 0 Å². The van der Waals surface area contributed by atoms with Gasteiger partial charge in [-0.1, -0.05) is 13.3 Å². The molecule has 0 bridgehead atoms. The topological polar surface area (TPSA) is 66.5 Å². The van der Waals surface area contributed by atoms with Crippen molar-refractivity contribution in [1.82, 2.24) is 10.2 Å². The van der Waals surface area contributed by atoms with Crippen molar-refractivity contribution in [3.05, 3.63) is 12.2 Å². The van der Waals surface area contributed by atoms with Gasteiger partial charge >= 0.3 is 0 Å². The highest BCUT2D eigenvalue weighted by atomic mass is 16.2. The summed E-state index contributed by atoms with van der Waals surface area (Å²) in [6.07, 6.45) is 4.71. The molecule has 3 amide bonds. The molecule has 0 aliphatic carbocycles. The van der Waals surface area contributed by atoms with Crippen LogP contribution in [0.1, 0.15) is 26.2 Å². The van der Waals surface area contributed by atoms with Crippen LogP contribution in [-0.2, 0) is 14.4 Å². The molecule has 5 heteroatoms. The Bertz CT molecular complexity index is 332. The molecule has 0 spiro atoms. The van der Waals surface area contributed by atoms with E-state index in [1.165, 1.54) is 17.1 Å². The quantitative estimate of drug-likeness (QED) is 0.684. The first-order valence-electron chi connectivity index (χ1n) is 5.85. The Hall–Kier alpha value is -1.65.